The maximum absolute atomic E-state index is 11.5. The number of H-pyrrole nitrogens is 2. The van der Waals surface area contributed by atoms with E-state index in [1.54, 1.807) is 0 Å². The van der Waals surface area contributed by atoms with Gasteiger partial charge in [-0.25, -0.2) is 14.5 Å². The smallest absolute Gasteiger partial charge is 0.325 e. The van der Waals surface area contributed by atoms with E-state index in [1.807, 2.05) is 24.3 Å². The molecule has 3 aromatic heterocycles. The van der Waals surface area contributed by atoms with Gasteiger partial charge in [0.05, 0.1) is 23.7 Å². The number of hydrogen-bond acceptors (Lipinski definition) is 7. The fourth-order valence-corrected chi connectivity index (χ4v) is 4.79. The molecule has 35 heavy (non-hydrogen) atoms. The lowest BCUT2D eigenvalue weighted by Gasteiger charge is -2.33. The minimum absolute atomic E-state index is 0. The first kappa shape index (κ1) is 25.1. The number of halogens is 1. The zero-order valence-corrected chi connectivity index (χ0v) is 21.1. The van der Waals surface area contributed by atoms with Crippen molar-refractivity contribution in [3.05, 3.63) is 40.6 Å². The summed E-state index contributed by atoms with van der Waals surface area (Å²) in [4.78, 5) is 23.9. The van der Waals surface area contributed by atoms with Gasteiger partial charge < -0.3 is 14.6 Å². The van der Waals surface area contributed by atoms with Crippen molar-refractivity contribution in [1.29, 1.82) is 0 Å². The van der Waals surface area contributed by atoms with Crippen LogP contribution in [0.3, 0.4) is 0 Å². The highest BCUT2D eigenvalue weighted by atomic mass is 35.5. The summed E-state index contributed by atoms with van der Waals surface area (Å²) >= 11 is 0. The van der Waals surface area contributed by atoms with Crippen molar-refractivity contribution in [1.82, 2.24) is 40.1 Å². The second-order valence-electron chi connectivity index (χ2n) is 9.59. The zero-order chi connectivity index (χ0) is 23.5. The van der Waals surface area contributed by atoms with Crippen molar-refractivity contribution >= 4 is 34.5 Å². The van der Waals surface area contributed by atoms with Crippen LogP contribution < -0.4 is 10.4 Å². The number of fused-ring (bicyclic) bond motifs is 2. The normalized spacial score (nSPS) is 15.2. The molecule has 1 aliphatic rings. The van der Waals surface area contributed by atoms with Crippen molar-refractivity contribution in [2.24, 2.45) is 5.92 Å². The topological polar surface area (TPSA) is 118 Å². The van der Waals surface area contributed by atoms with Gasteiger partial charge in [0, 0.05) is 31.4 Å². The van der Waals surface area contributed by atoms with E-state index >= 15 is 0 Å². The SMILES string of the molecule is CC(C)CN1CCC(n2nnnc2CCCCOc2ccc3nc4[nH]c(=O)[nH]c4cc3c2)CC1.Cl. The Morgan fingerprint density at radius 1 is 1.14 bits per heavy atom. The third kappa shape index (κ3) is 5.99. The molecule has 0 bridgehead atoms. The summed E-state index contributed by atoms with van der Waals surface area (Å²) in [5, 5.41) is 13.5. The Hall–Kier alpha value is -2.98. The van der Waals surface area contributed by atoms with Gasteiger partial charge in [0.15, 0.2) is 11.5 Å². The summed E-state index contributed by atoms with van der Waals surface area (Å²) in [5.74, 6) is 2.47. The third-order valence-corrected chi connectivity index (χ3v) is 6.42. The summed E-state index contributed by atoms with van der Waals surface area (Å²) in [6, 6.07) is 8.10. The fraction of sp³-hybridized carbons (Fsp3) is 0.542. The molecule has 0 radical (unpaired) electrons. The number of tetrazole rings is 1. The van der Waals surface area contributed by atoms with Gasteiger partial charge in [-0.1, -0.05) is 13.8 Å². The Kier molecular flexibility index (Phi) is 8.02. The number of unbranched alkanes of at least 4 members (excludes halogenated alkanes) is 1. The van der Waals surface area contributed by atoms with Crippen LogP contribution in [0.4, 0.5) is 0 Å². The minimum Gasteiger partial charge on any atom is -0.494 e. The minimum atomic E-state index is -0.253. The summed E-state index contributed by atoms with van der Waals surface area (Å²) in [7, 11) is 0. The molecule has 10 nitrogen and oxygen atoms in total. The van der Waals surface area contributed by atoms with E-state index < -0.39 is 0 Å². The lowest BCUT2D eigenvalue weighted by Crippen LogP contribution is -2.37. The van der Waals surface area contributed by atoms with Gasteiger partial charge in [-0.15, -0.1) is 17.5 Å². The van der Waals surface area contributed by atoms with Gasteiger partial charge in [-0.05, 0) is 66.3 Å². The van der Waals surface area contributed by atoms with Crippen LogP contribution in [-0.2, 0) is 6.42 Å². The molecule has 5 rings (SSSR count). The van der Waals surface area contributed by atoms with E-state index in [-0.39, 0.29) is 18.1 Å². The number of piperidine rings is 1. The van der Waals surface area contributed by atoms with Crippen LogP contribution in [-0.4, -0.2) is 66.3 Å². The molecule has 4 heterocycles. The molecular formula is C24H33ClN8O2. The van der Waals surface area contributed by atoms with Crippen LogP contribution in [0, 0.1) is 5.92 Å². The van der Waals surface area contributed by atoms with Crippen LogP contribution in [0.5, 0.6) is 5.75 Å². The predicted octanol–water partition coefficient (Wildman–Crippen LogP) is 3.51. The van der Waals surface area contributed by atoms with Crippen LogP contribution in [0.1, 0.15) is 51.4 Å². The number of hydrogen-bond donors (Lipinski definition) is 2. The summed E-state index contributed by atoms with van der Waals surface area (Å²) in [6.45, 7) is 8.56. The summed E-state index contributed by atoms with van der Waals surface area (Å²) < 4.78 is 8.02. The summed E-state index contributed by atoms with van der Waals surface area (Å²) in [6.07, 6.45) is 4.94. The standard InChI is InChI=1S/C24H32N8O2.ClH/c1-16(2)15-31-10-8-18(9-11-31)32-22(28-29-30-32)5-3-4-12-34-19-6-7-20-17(13-19)14-21-23(25-20)27-24(33)26-21;/h6-7,13-14,16,18H,3-5,8-12,15H2,1-2H3,(H2,25,26,27,33);1H. The highest BCUT2D eigenvalue weighted by molar-refractivity contribution is 5.89. The number of nitrogens with zero attached hydrogens (tertiary/aromatic N) is 6. The van der Waals surface area contributed by atoms with Crippen LogP contribution in [0.15, 0.2) is 29.1 Å². The average molecular weight is 501 g/mol. The lowest BCUT2D eigenvalue weighted by atomic mass is 10.0. The Morgan fingerprint density at radius 3 is 2.77 bits per heavy atom. The van der Waals surface area contributed by atoms with Crippen molar-refractivity contribution in [3.8, 4) is 5.75 Å². The molecular weight excluding hydrogens is 468 g/mol. The first-order valence-corrected chi connectivity index (χ1v) is 12.2. The second-order valence-corrected chi connectivity index (χ2v) is 9.59. The highest BCUT2D eigenvalue weighted by Gasteiger charge is 2.23. The van der Waals surface area contributed by atoms with Gasteiger partial charge in [0.25, 0.3) is 0 Å². The first-order chi connectivity index (χ1) is 16.5. The van der Waals surface area contributed by atoms with E-state index in [0.717, 1.165) is 67.7 Å². The van der Waals surface area contributed by atoms with Crippen LogP contribution >= 0.6 is 12.4 Å². The Labute approximate surface area is 209 Å². The molecule has 11 heteroatoms. The Morgan fingerprint density at radius 2 is 1.97 bits per heavy atom. The number of likely N-dealkylation sites (tertiary alicyclic amines) is 1. The fourth-order valence-electron chi connectivity index (χ4n) is 4.79. The highest BCUT2D eigenvalue weighted by Crippen LogP contribution is 2.24. The van der Waals surface area contributed by atoms with Gasteiger partial charge in [-0.2, -0.15) is 0 Å². The number of nitrogens with one attached hydrogen (secondary N) is 2. The maximum Gasteiger partial charge on any atom is 0.325 e. The number of pyridine rings is 1. The number of aromatic nitrogens is 7. The molecule has 188 valence electrons. The molecule has 1 saturated heterocycles. The van der Waals surface area contributed by atoms with Crippen LogP contribution in [0.25, 0.3) is 22.1 Å². The molecule has 0 aliphatic carbocycles. The molecule has 0 amide bonds. The van der Waals surface area contributed by atoms with Gasteiger partial charge in [-0.3, -0.25) is 4.98 Å². The van der Waals surface area contributed by atoms with Gasteiger partial charge in [0.2, 0.25) is 0 Å². The number of ether oxygens (including phenoxy) is 1. The molecule has 1 aliphatic heterocycles. The number of imidazole rings is 1. The number of rotatable bonds is 9. The van der Waals surface area contributed by atoms with Gasteiger partial charge in [0.1, 0.15) is 5.75 Å². The first-order valence-electron chi connectivity index (χ1n) is 12.2. The molecule has 1 aromatic carbocycles. The molecule has 4 aromatic rings. The average Bonchev–Trinajstić information content (AvgIpc) is 3.42. The molecule has 0 spiro atoms. The molecule has 0 unspecified atom stereocenters. The van der Waals surface area contributed by atoms with Gasteiger partial charge >= 0.3 is 5.69 Å². The number of benzene rings is 1. The lowest BCUT2D eigenvalue weighted by molar-refractivity contribution is 0.162. The zero-order valence-electron chi connectivity index (χ0n) is 20.2. The van der Waals surface area contributed by atoms with Crippen molar-refractivity contribution in [3.63, 3.8) is 0 Å². The largest absolute Gasteiger partial charge is 0.494 e. The molecule has 1 fully saturated rings. The number of aryl methyl sites for hydroxylation is 1. The van der Waals surface area contributed by atoms with E-state index in [1.165, 1.54) is 6.54 Å². The monoisotopic (exact) mass is 500 g/mol. The van der Waals surface area contributed by atoms with Crippen molar-refractivity contribution in [2.45, 2.75) is 52.0 Å². The molecule has 0 saturated carbocycles. The van der Waals surface area contributed by atoms with E-state index in [9.17, 15) is 4.79 Å². The molecule has 2 N–H and O–H groups in total. The quantitative estimate of drug-likeness (QED) is 0.337. The maximum atomic E-state index is 11.5. The third-order valence-electron chi connectivity index (χ3n) is 6.42. The van der Waals surface area contributed by atoms with E-state index in [4.69, 9.17) is 4.74 Å². The predicted molar refractivity (Wildman–Crippen MR) is 137 cm³/mol. The molecule has 0 atom stereocenters. The van der Waals surface area contributed by atoms with E-state index in [2.05, 4.69) is 53.9 Å². The van der Waals surface area contributed by atoms with Crippen molar-refractivity contribution < 1.29 is 4.74 Å². The number of aromatic amines is 2. The Balaban J connectivity index is 0.00000289. The summed E-state index contributed by atoms with van der Waals surface area (Å²) in [5.41, 5.74) is 1.82. The van der Waals surface area contributed by atoms with E-state index in [0.29, 0.717) is 29.7 Å². The second kappa shape index (κ2) is 11.2. The Bertz CT molecular complexity index is 1310. The van der Waals surface area contributed by atoms with Crippen LogP contribution in [0.2, 0.25) is 0 Å². The van der Waals surface area contributed by atoms with Crippen molar-refractivity contribution in [2.75, 3.05) is 26.2 Å².